The summed E-state index contributed by atoms with van der Waals surface area (Å²) >= 11 is 6.07. The van der Waals surface area contributed by atoms with Gasteiger partial charge in [-0.3, -0.25) is 9.36 Å². The summed E-state index contributed by atoms with van der Waals surface area (Å²) < 4.78 is 7.86. The Balaban J connectivity index is 1.95. The van der Waals surface area contributed by atoms with Crippen molar-refractivity contribution in [2.75, 3.05) is 6.61 Å². The Kier molecular flexibility index (Phi) is 4.12. The van der Waals surface area contributed by atoms with E-state index in [9.17, 15) is 9.59 Å². The van der Waals surface area contributed by atoms with Crippen LogP contribution in [0.2, 0.25) is 5.02 Å². The van der Waals surface area contributed by atoms with Crippen LogP contribution in [0.4, 0.5) is 0 Å². The third-order valence-corrected chi connectivity index (χ3v) is 4.42. The Morgan fingerprint density at radius 2 is 2.07 bits per heavy atom. The van der Waals surface area contributed by atoms with Crippen molar-refractivity contribution in [3.05, 3.63) is 63.2 Å². The van der Waals surface area contributed by atoms with Gasteiger partial charge in [0.25, 0.3) is 5.56 Å². The number of ether oxygens (including phenoxy) is 1. The summed E-state index contributed by atoms with van der Waals surface area (Å²) in [6.45, 7) is 3.84. The number of carbonyl (C=O) groups is 1. The summed E-state index contributed by atoms with van der Waals surface area (Å²) in [4.78, 5) is 25.0. The van der Waals surface area contributed by atoms with Crippen LogP contribution in [-0.4, -0.2) is 37.0 Å². The van der Waals surface area contributed by atoms with Crippen LogP contribution >= 0.6 is 11.6 Å². The zero-order valence-electron chi connectivity index (χ0n) is 14.5. The number of benzene rings is 1. The second-order valence-electron chi connectivity index (χ2n) is 5.87. The first-order chi connectivity index (χ1) is 13.0. The molecule has 0 aliphatic heterocycles. The molecule has 27 heavy (non-hydrogen) atoms. The molecule has 0 unspecified atom stereocenters. The van der Waals surface area contributed by atoms with Crippen LogP contribution in [0.5, 0.6) is 0 Å². The lowest BCUT2D eigenvalue weighted by molar-refractivity contribution is 0.0528. The molecule has 0 amide bonds. The fourth-order valence-electron chi connectivity index (χ4n) is 2.88. The van der Waals surface area contributed by atoms with Crippen molar-refractivity contribution in [1.29, 1.82) is 0 Å². The first kappa shape index (κ1) is 17.2. The number of fused-ring (bicyclic) bond motifs is 3. The average Bonchev–Trinajstić information content (AvgIpc) is 3.09. The zero-order chi connectivity index (χ0) is 19.1. The summed E-state index contributed by atoms with van der Waals surface area (Å²) in [5.74, 6) is -0.538. The summed E-state index contributed by atoms with van der Waals surface area (Å²) in [5, 5.41) is 12.7. The van der Waals surface area contributed by atoms with Gasteiger partial charge in [-0.15, -0.1) is 10.2 Å². The highest BCUT2D eigenvalue weighted by Crippen LogP contribution is 2.20. The van der Waals surface area contributed by atoms with Crippen molar-refractivity contribution >= 4 is 34.3 Å². The molecule has 3 heterocycles. The molecule has 0 N–H and O–H groups in total. The Bertz CT molecular complexity index is 1260. The molecule has 4 aromatic rings. The van der Waals surface area contributed by atoms with E-state index in [2.05, 4.69) is 15.3 Å². The number of halogens is 1. The van der Waals surface area contributed by atoms with Gasteiger partial charge in [0.2, 0.25) is 0 Å². The van der Waals surface area contributed by atoms with Gasteiger partial charge in [-0.25, -0.2) is 9.31 Å². The third kappa shape index (κ3) is 2.74. The van der Waals surface area contributed by atoms with Crippen molar-refractivity contribution in [1.82, 2.24) is 24.4 Å². The largest absolute Gasteiger partial charge is 0.462 e. The fourth-order valence-corrected chi connectivity index (χ4v) is 3.04. The number of aryl methyl sites for hydroxylation is 1. The molecule has 8 nitrogen and oxygen atoms in total. The first-order valence-corrected chi connectivity index (χ1v) is 8.58. The van der Waals surface area contributed by atoms with Crippen molar-refractivity contribution in [3.63, 3.8) is 0 Å². The van der Waals surface area contributed by atoms with E-state index in [1.54, 1.807) is 31.3 Å². The topological polar surface area (TPSA) is 91.4 Å². The number of hydrogen-bond donors (Lipinski definition) is 0. The number of nitrogens with zero attached hydrogens (tertiary/aromatic N) is 5. The van der Waals surface area contributed by atoms with Gasteiger partial charge in [0.1, 0.15) is 11.1 Å². The average molecular weight is 384 g/mol. The van der Waals surface area contributed by atoms with E-state index < -0.39 is 5.97 Å². The SMILES string of the molecule is CCOC(=O)c1cnn2c1nnc1c(=O)n(-c3cc(Cl)ccc3C)ccc12. The molecular weight excluding hydrogens is 370 g/mol. The number of pyridine rings is 1. The van der Waals surface area contributed by atoms with Crippen molar-refractivity contribution in [2.24, 2.45) is 0 Å². The molecule has 9 heteroatoms. The number of hydrogen-bond acceptors (Lipinski definition) is 6. The van der Waals surface area contributed by atoms with Crippen LogP contribution in [0.1, 0.15) is 22.8 Å². The lowest BCUT2D eigenvalue weighted by atomic mass is 10.2. The Morgan fingerprint density at radius 3 is 2.85 bits per heavy atom. The van der Waals surface area contributed by atoms with E-state index in [1.807, 2.05) is 13.0 Å². The van der Waals surface area contributed by atoms with Crippen LogP contribution in [0, 0.1) is 6.92 Å². The van der Waals surface area contributed by atoms with E-state index in [0.29, 0.717) is 16.2 Å². The molecule has 3 aromatic heterocycles. The van der Waals surface area contributed by atoms with E-state index in [-0.39, 0.29) is 28.9 Å². The molecule has 0 radical (unpaired) electrons. The Labute approximate surface area is 158 Å². The minimum atomic E-state index is -0.538. The number of aromatic nitrogens is 5. The number of esters is 1. The summed E-state index contributed by atoms with van der Waals surface area (Å²) in [6.07, 6.45) is 2.98. The van der Waals surface area contributed by atoms with Crippen molar-refractivity contribution < 1.29 is 9.53 Å². The first-order valence-electron chi connectivity index (χ1n) is 8.20. The second-order valence-corrected chi connectivity index (χ2v) is 6.31. The highest BCUT2D eigenvalue weighted by atomic mass is 35.5. The standard InChI is InChI=1S/C18H14ClN5O3/c1-3-27-18(26)12-9-20-24-13-6-7-23(14-8-11(19)5-4-10(14)2)17(25)15(13)21-22-16(12)24/h4-9H,3H2,1-2H3. The molecule has 136 valence electrons. The zero-order valence-corrected chi connectivity index (χ0v) is 15.3. The monoisotopic (exact) mass is 383 g/mol. The molecule has 0 saturated heterocycles. The Morgan fingerprint density at radius 1 is 1.26 bits per heavy atom. The van der Waals surface area contributed by atoms with Gasteiger partial charge in [-0.2, -0.15) is 5.10 Å². The van der Waals surface area contributed by atoms with E-state index >= 15 is 0 Å². The van der Waals surface area contributed by atoms with Gasteiger partial charge in [0.15, 0.2) is 11.2 Å². The van der Waals surface area contributed by atoms with Crippen LogP contribution in [0.3, 0.4) is 0 Å². The lowest BCUT2D eigenvalue weighted by Crippen LogP contribution is -2.21. The summed E-state index contributed by atoms with van der Waals surface area (Å²) in [5.41, 5.74) is 2.18. The fraction of sp³-hybridized carbons (Fsp3) is 0.167. The molecule has 0 spiro atoms. The summed E-state index contributed by atoms with van der Waals surface area (Å²) in [6, 6.07) is 7.00. The van der Waals surface area contributed by atoms with E-state index in [0.717, 1.165) is 5.56 Å². The van der Waals surface area contributed by atoms with Gasteiger partial charge in [0.05, 0.1) is 18.5 Å². The molecule has 0 bridgehead atoms. The van der Waals surface area contributed by atoms with Gasteiger partial charge >= 0.3 is 5.97 Å². The maximum atomic E-state index is 13.0. The minimum Gasteiger partial charge on any atom is -0.462 e. The molecule has 0 atom stereocenters. The molecule has 0 saturated carbocycles. The van der Waals surface area contributed by atoms with Gasteiger partial charge in [0, 0.05) is 11.2 Å². The lowest BCUT2D eigenvalue weighted by Gasteiger charge is -2.10. The van der Waals surface area contributed by atoms with Crippen LogP contribution in [-0.2, 0) is 4.74 Å². The van der Waals surface area contributed by atoms with Crippen molar-refractivity contribution in [3.8, 4) is 5.69 Å². The molecule has 4 rings (SSSR count). The van der Waals surface area contributed by atoms with Crippen molar-refractivity contribution in [2.45, 2.75) is 13.8 Å². The van der Waals surface area contributed by atoms with Crippen LogP contribution < -0.4 is 5.56 Å². The molecule has 0 aliphatic carbocycles. The maximum absolute atomic E-state index is 13.0. The molecule has 0 aliphatic rings. The predicted octanol–water partition coefficient (Wildman–Crippen LogP) is 2.57. The van der Waals surface area contributed by atoms with Gasteiger partial charge in [-0.1, -0.05) is 17.7 Å². The quantitative estimate of drug-likeness (QED) is 0.505. The highest BCUT2D eigenvalue weighted by molar-refractivity contribution is 6.30. The molecule has 0 fully saturated rings. The maximum Gasteiger partial charge on any atom is 0.343 e. The predicted molar refractivity (Wildman–Crippen MR) is 99.6 cm³/mol. The van der Waals surface area contributed by atoms with E-state index in [4.69, 9.17) is 16.3 Å². The number of rotatable bonds is 3. The minimum absolute atomic E-state index is 0.128. The van der Waals surface area contributed by atoms with Crippen LogP contribution in [0.15, 0.2) is 41.5 Å². The molecule has 1 aromatic carbocycles. The third-order valence-electron chi connectivity index (χ3n) is 4.19. The normalized spacial score (nSPS) is 11.2. The van der Waals surface area contributed by atoms with E-state index in [1.165, 1.54) is 15.3 Å². The Hall–Kier alpha value is -3.26. The number of carbonyl (C=O) groups excluding carboxylic acids is 1. The van der Waals surface area contributed by atoms with Crippen LogP contribution in [0.25, 0.3) is 22.4 Å². The molecular formula is C18H14ClN5O3. The second kappa shape index (κ2) is 6.48. The highest BCUT2D eigenvalue weighted by Gasteiger charge is 2.19. The summed E-state index contributed by atoms with van der Waals surface area (Å²) in [7, 11) is 0. The smallest absolute Gasteiger partial charge is 0.343 e. The van der Waals surface area contributed by atoms with Gasteiger partial charge in [-0.05, 0) is 37.6 Å². The van der Waals surface area contributed by atoms with Gasteiger partial charge < -0.3 is 4.74 Å².